The molecule has 1 aliphatic rings. The highest BCUT2D eigenvalue weighted by atomic mass is 19.4. The second kappa shape index (κ2) is 8.32. The Hall–Kier alpha value is -1.84. The number of halogens is 3. The standard InChI is InChI=1S/C14H23F3N6O/c1-3-18-13(19-6-4-12-20-10(2)22-24-12)21-11-5-7-23(8-11)9-14(15,16)17/h11H,3-9H2,1-2H3,(H2,18,19,21). The van der Waals surface area contributed by atoms with E-state index in [4.69, 9.17) is 4.52 Å². The zero-order valence-electron chi connectivity index (χ0n) is 13.9. The monoisotopic (exact) mass is 348 g/mol. The first-order valence-electron chi connectivity index (χ1n) is 7.99. The van der Waals surface area contributed by atoms with Gasteiger partial charge in [0, 0.05) is 32.1 Å². The summed E-state index contributed by atoms with van der Waals surface area (Å²) < 4.78 is 42.3. The molecule has 0 aromatic carbocycles. The van der Waals surface area contributed by atoms with E-state index >= 15 is 0 Å². The summed E-state index contributed by atoms with van der Waals surface area (Å²) in [6.45, 7) is 4.72. The van der Waals surface area contributed by atoms with E-state index in [0.29, 0.717) is 56.7 Å². The number of aromatic nitrogens is 2. The van der Waals surface area contributed by atoms with Crippen molar-refractivity contribution in [3.05, 3.63) is 11.7 Å². The van der Waals surface area contributed by atoms with E-state index in [0.717, 1.165) is 0 Å². The molecule has 1 unspecified atom stereocenters. The van der Waals surface area contributed by atoms with Gasteiger partial charge in [0.05, 0.1) is 13.1 Å². The van der Waals surface area contributed by atoms with Crippen LogP contribution < -0.4 is 10.6 Å². The van der Waals surface area contributed by atoms with Gasteiger partial charge in [-0.1, -0.05) is 5.16 Å². The second-order valence-corrected chi connectivity index (χ2v) is 5.73. The van der Waals surface area contributed by atoms with Gasteiger partial charge in [0.2, 0.25) is 5.89 Å². The summed E-state index contributed by atoms with van der Waals surface area (Å²) in [7, 11) is 0. The second-order valence-electron chi connectivity index (χ2n) is 5.73. The number of guanidine groups is 1. The minimum absolute atomic E-state index is 0.0456. The Morgan fingerprint density at radius 1 is 1.46 bits per heavy atom. The molecule has 136 valence electrons. The Morgan fingerprint density at radius 3 is 2.88 bits per heavy atom. The first-order valence-corrected chi connectivity index (χ1v) is 7.99. The van der Waals surface area contributed by atoms with Crippen LogP contribution in [0.1, 0.15) is 25.1 Å². The van der Waals surface area contributed by atoms with Crippen molar-refractivity contribution in [3.63, 3.8) is 0 Å². The molecule has 2 N–H and O–H groups in total. The number of likely N-dealkylation sites (tertiary alicyclic amines) is 1. The van der Waals surface area contributed by atoms with Gasteiger partial charge in [-0.3, -0.25) is 9.89 Å². The van der Waals surface area contributed by atoms with E-state index in [1.165, 1.54) is 4.90 Å². The summed E-state index contributed by atoms with van der Waals surface area (Å²) in [5, 5.41) is 9.99. The van der Waals surface area contributed by atoms with Gasteiger partial charge in [0.1, 0.15) is 0 Å². The minimum Gasteiger partial charge on any atom is -0.357 e. The average molecular weight is 348 g/mol. The van der Waals surface area contributed by atoms with Gasteiger partial charge in [-0.15, -0.1) is 0 Å². The minimum atomic E-state index is -4.16. The molecule has 0 aliphatic carbocycles. The number of aryl methyl sites for hydroxylation is 1. The molecule has 0 radical (unpaired) electrons. The van der Waals surface area contributed by atoms with Crippen molar-refractivity contribution in [2.24, 2.45) is 4.99 Å². The lowest BCUT2D eigenvalue weighted by Crippen LogP contribution is -2.45. The predicted octanol–water partition coefficient (Wildman–Crippen LogP) is 1.11. The molecule has 10 heteroatoms. The normalized spacial score (nSPS) is 19.7. The molecule has 1 aromatic heterocycles. The van der Waals surface area contributed by atoms with Gasteiger partial charge in [-0.05, 0) is 20.3 Å². The first-order chi connectivity index (χ1) is 11.4. The van der Waals surface area contributed by atoms with E-state index in [1.54, 1.807) is 6.92 Å². The van der Waals surface area contributed by atoms with Crippen molar-refractivity contribution in [1.82, 2.24) is 25.7 Å². The fourth-order valence-electron chi connectivity index (χ4n) is 2.57. The van der Waals surface area contributed by atoms with Crippen LogP contribution in [0.4, 0.5) is 13.2 Å². The molecule has 1 fully saturated rings. The van der Waals surface area contributed by atoms with Crippen molar-refractivity contribution in [2.45, 2.75) is 38.9 Å². The highest BCUT2D eigenvalue weighted by molar-refractivity contribution is 5.80. The topological polar surface area (TPSA) is 78.6 Å². The van der Waals surface area contributed by atoms with E-state index in [9.17, 15) is 13.2 Å². The average Bonchev–Trinajstić information content (AvgIpc) is 3.07. The lowest BCUT2D eigenvalue weighted by molar-refractivity contribution is -0.143. The van der Waals surface area contributed by atoms with Crippen LogP contribution in [-0.2, 0) is 6.42 Å². The van der Waals surface area contributed by atoms with Crippen LogP contribution >= 0.6 is 0 Å². The number of nitrogens with zero attached hydrogens (tertiary/aromatic N) is 4. The molecular weight excluding hydrogens is 325 g/mol. The van der Waals surface area contributed by atoms with Crippen molar-refractivity contribution >= 4 is 5.96 Å². The van der Waals surface area contributed by atoms with Crippen LogP contribution in [0.3, 0.4) is 0 Å². The summed E-state index contributed by atoms with van der Waals surface area (Å²) in [5.41, 5.74) is 0. The largest absolute Gasteiger partial charge is 0.401 e. The number of hydrogen-bond donors (Lipinski definition) is 2. The molecule has 24 heavy (non-hydrogen) atoms. The molecule has 0 bridgehead atoms. The zero-order valence-corrected chi connectivity index (χ0v) is 13.9. The van der Waals surface area contributed by atoms with Crippen molar-refractivity contribution < 1.29 is 17.7 Å². The molecule has 0 amide bonds. The highest BCUT2D eigenvalue weighted by Crippen LogP contribution is 2.19. The molecule has 2 heterocycles. The molecule has 1 aromatic rings. The van der Waals surface area contributed by atoms with Crippen LogP contribution in [0.2, 0.25) is 0 Å². The van der Waals surface area contributed by atoms with Gasteiger partial charge >= 0.3 is 6.18 Å². The Balaban J connectivity index is 1.81. The fourth-order valence-corrected chi connectivity index (χ4v) is 2.57. The maximum absolute atomic E-state index is 12.4. The summed E-state index contributed by atoms with van der Waals surface area (Å²) >= 11 is 0. The summed E-state index contributed by atoms with van der Waals surface area (Å²) in [6, 6.07) is -0.0456. The third-order valence-corrected chi connectivity index (χ3v) is 3.53. The number of nitrogens with one attached hydrogen (secondary N) is 2. The summed E-state index contributed by atoms with van der Waals surface area (Å²) in [5.74, 6) is 1.69. The van der Waals surface area contributed by atoms with E-state index < -0.39 is 12.7 Å². The first kappa shape index (κ1) is 18.5. The third kappa shape index (κ3) is 6.34. The Kier molecular flexibility index (Phi) is 6.41. The zero-order chi connectivity index (χ0) is 17.6. The maximum atomic E-state index is 12.4. The molecule has 2 rings (SSSR count). The van der Waals surface area contributed by atoms with Gasteiger partial charge in [0.15, 0.2) is 11.8 Å². The van der Waals surface area contributed by atoms with E-state index in [2.05, 4.69) is 25.8 Å². The fraction of sp³-hybridized carbons (Fsp3) is 0.786. The number of alkyl halides is 3. The molecule has 7 nitrogen and oxygen atoms in total. The molecule has 1 atom stereocenters. The number of rotatable bonds is 6. The highest BCUT2D eigenvalue weighted by Gasteiger charge is 2.34. The van der Waals surface area contributed by atoms with Crippen LogP contribution in [0.25, 0.3) is 0 Å². The Labute approximate surface area is 138 Å². The molecule has 0 spiro atoms. The van der Waals surface area contributed by atoms with Gasteiger partial charge in [0.25, 0.3) is 0 Å². The smallest absolute Gasteiger partial charge is 0.357 e. The van der Waals surface area contributed by atoms with Gasteiger partial charge in [-0.2, -0.15) is 18.2 Å². The van der Waals surface area contributed by atoms with Crippen LogP contribution in [0.15, 0.2) is 9.52 Å². The van der Waals surface area contributed by atoms with Gasteiger partial charge in [-0.25, -0.2) is 0 Å². The molecule has 1 aliphatic heterocycles. The van der Waals surface area contributed by atoms with Crippen LogP contribution in [-0.4, -0.2) is 65.9 Å². The van der Waals surface area contributed by atoms with E-state index in [-0.39, 0.29) is 6.04 Å². The van der Waals surface area contributed by atoms with Crippen molar-refractivity contribution in [1.29, 1.82) is 0 Å². The van der Waals surface area contributed by atoms with E-state index in [1.807, 2.05) is 6.92 Å². The van der Waals surface area contributed by atoms with Gasteiger partial charge < -0.3 is 15.2 Å². The molecule has 0 saturated carbocycles. The molecular formula is C14H23F3N6O. The van der Waals surface area contributed by atoms with Crippen molar-refractivity contribution in [2.75, 3.05) is 32.7 Å². The quantitative estimate of drug-likeness (QED) is 0.592. The lowest BCUT2D eigenvalue weighted by atomic mass is 10.3. The maximum Gasteiger partial charge on any atom is 0.401 e. The van der Waals surface area contributed by atoms with Crippen LogP contribution in [0.5, 0.6) is 0 Å². The number of hydrogen-bond acceptors (Lipinski definition) is 5. The molecule has 1 saturated heterocycles. The lowest BCUT2D eigenvalue weighted by Gasteiger charge is -2.19. The SMILES string of the molecule is CCNC(=NCCc1nc(C)no1)NC1CCN(CC(F)(F)F)C1. The summed E-state index contributed by atoms with van der Waals surface area (Å²) in [6.07, 6.45) is -2.98. The third-order valence-electron chi connectivity index (χ3n) is 3.53. The Bertz CT molecular complexity index is 545. The van der Waals surface area contributed by atoms with Crippen LogP contribution in [0, 0.1) is 6.92 Å². The summed E-state index contributed by atoms with van der Waals surface area (Å²) in [4.78, 5) is 9.91. The predicted molar refractivity (Wildman–Crippen MR) is 82.8 cm³/mol. The van der Waals surface area contributed by atoms with Crippen molar-refractivity contribution in [3.8, 4) is 0 Å². The number of aliphatic imine (C=N–C) groups is 1. The Morgan fingerprint density at radius 2 is 2.25 bits per heavy atom.